The lowest BCUT2D eigenvalue weighted by molar-refractivity contribution is -0.387. The van der Waals surface area contributed by atoms with Gasteiger partial charge in [-0.15, -0.1) is 0 Å². The van der Waals surface area contributed by atoms with Gasteiger partial charge in [-0.3, -0.25) is 14.9 Å². The predicted molar refractivity (Wildman–Crippen MR) is 71.7 cm³/mol. The SMILES string of the molecule is NC1(C(=O)Nc2ccc(F)c([N+](=O)[O-])c2)CCCCC1. The molecule has 0 spiro atoms. The Morgan fingerprint density at radius 1 is 1.35 bits per heavy atom. The van der Waals surface area contributed by atoms with E-state index in [4.69, 9.17) is 5.73 Å². The van der Waals surface area contributed by atoms with Crippen molar-refractivity contribution in [1.82, 2.24) is 0 Å². The van der Waals surface area contributed by atoms with E-state index in [9.17, 15) is 19.3 Å². The number of hydrogen-bond donors (Lipinski definition) is 2. The monoisotopic (exact) mass is 281 g/mol. The van der Waals surface area contributed by atoms with Crippen LogP contribution in [0.4, 0.5) is 15.8 Å². The molecule has 1 amide bonds. The Labute approximate surface area is 115 Å². The van der Waals surface area contributed by atoms with E-state index in [0.717, 1.165) is 31.4 Å². The highest BCUT2D eigenvalue weighted by Crippen LogP contribution is 2.28. The molecule has 20 heavy (non-hydrogen) atoms. The first-order chi connectivity index (χ1) is 9.42. The number of amides is 1. The number of nitro benzene ring substituents is 1. The molecule has 2 rings (SSSR count). The highest BCUT2D eigenvalue weighted by molar-refractivity contribution is 5.98. The summed E-state index contributed by atoms with van der Waals surface area (Å²) in [7, 11) is 0. The minimum atomic E-state index is -0.943. The zero-order valence-electron chi connectivity index (χ0n) is 10.9. The van der Waals surface area contributed by atoms with Crippen LogP contribution in [0.1, 0.15) is 32.1 Å². The van der Waals surface area contributed by atoms with Crippen LogP contribution in [0.25, 0.3) is 0 Å². The van der Waals surface area contributed by atoms with Crippen LogP contribution in [0.5, 0.6) is 0 Å². The van der Waals surface area contributed by atoms with Crippen molar-refractivity contribution in [2.24, 2.45) is 5.73 Å². The van der Waals surface area contributed by atoms with Crippen molar-refractivity contribution in [3.05, 3.63) is 34.1 Å². The zero-order valence-corrected chi connectivity index (χ0v) is 10.9. The number of carbonyl (C=O) groups is 1. The third kappa shape index (κ3) is 2.93. The lowest BCUT2D eigenvalue weighted by Gasteiger charge is -2.31. The van der Waals surface area contributed by atoms with Crippen molar-refractivity contribution >= 4 is 17.3 Å². The summed E-state index contributed by atoms with van der Waals surface area (Å²) in [6.07, 6.45) is 3.99. The van der Waals surface area contributed by atoms with E-state index in [2.05, 4.69) is 5.32 Å². The van der Waals surface area contributed by atoms with Crippen molar-refractivity contribution in [3.8, 4) is 0 Å². The molecule has 3 N–H and O–H groups in total. The number of hydrogen-bond acceptors (Lipinski definition) is 4. The second-order valence-corrected chi connectivity index (χ2v) is 5.09. The summed E-state index contributed by atoms with van der Waals surface area (Å²) >= 11 is 0. The minimum Gasteiger partial charge on any atom is -0.324 e. The summed E-state index contributed by atoms with van der Waals surface area (Å²) in [5.74, 6) is -1.31. The first-order valence-electron chi connectivity index (χ1n) is 6.47. The molecule has 1 aromatic rings. The lowest BCUT2D eigenvalue weighted by atomic mass is 9.82. The maximum absolute atomic E-state index is 13.2. The maximum atomic E-state index is 13.2. The molecule has 108 valence electrons. The van der Waals surface area contributed by atoms with Gasteiger partial charge in [-0.05, 0) is 25.0 Å². The molecule has 0 aromatic heterocycles. The molecule has 1 fully saturated rings. The molecule has 1 aliphatic carbocycles. The molecule has 0 radical (unpaired) electrons. The van der Waals surface area contributed by atoms with Gasteiger partial charge in [-0.2, -0.15) is 4.39 Å². The van der Waals surface area contributed by atoms with E-state index in [1.165, 1.54) is 6.07 Å². The van der Waals surface area contributed by atoms with Gasteiger partial charge in [-0.1, -0.05) is 19.3 Å². The summed E-state index contributed by atoms with van der Waals surface area (Å²) in [6.45, 7) is 0. The van der Waals surface area contributed by atoms with Gasteiger partial charge in [0.05, 0.1) is 10.5 Å². The second kappa shape index (κ2) is 5.54. The van der Waals surface area contributed by atoms with Gasteiger partial charge in [0.25, 0.3) is 0 Å². The zero-order chi connectivity index (χ0) is 14.8. The Morgan fingerprint density at radius 3 is 2.60 bits per heavy atom. The molecule has 1 aromatic carbocycles. The molecule has 0 bridgehead atoms. The van der Waals surface area contributed by atoms with E-state index in [-0.39, 0.29) is 11.6 Å². The standard InChI is InChI=1S/C13H16FN3O3/c14-10-5-4-9(8-11(10)17(19)20)16-12(18)13(15)6-2-1-3-7-13/h4-5,8H,1-3,6-7,15H2,(H,16,18). The van der Waals surface area contributed by atoms with Gasteiger partial charge >= 0.3 is 5.69 Å². The number of anilines is 1. The molecule has 0 unspecified atom stereocenters. The fourth-order valence-corrected chi connectivity index (χ4v) is 2.40. The Balaban J connectivity index is 2.15. The molecule has 0 aliphatic heterocycles. The van der Waals surface area contributed by atoms with Crippen LogP contribution in [0.2, 0.25) is 0 Å². The third-order valence-electron chi connectivity index (χ3n) is 3.60. The molecule has 1 aliphatic rings. The first-order valence-corrected chi connectivity index (χ1v) is 6.47. The molecule has 0 saturated heterocycles. The average Bonchev–Trinajstić information content (AvgIpc) is 2.41. The van der Waals surface area contributed by atoms with Crippen molar-refractivity contribution in [1.29, 1.82) is 0 Å². The van der Waals surface area contributed by atoms with Gasteiger partial charge in [0.2, 0.25) is 11.7 Å². The summed E-state index contributed by atoms with van der Waals surface area (Å²) in [6, 6.07) is 3.24. The van der Waals surface area contributed by atoms with Crippen LogP contribution in [0.3, 0.4) is 0 Å². The van der Waals surface area contributed by atoms with Crippen molar-refractivity contribution in [3.63, 3.8) is 0 Å². The van der Waals surface area contributed by atoms with E-state index in [1.54, 1.807) is 0 Å². The highest BCUT2D eigenvalue weighted by Gasteiger charge is 2.35. The number of carbonyl (C=O) groups excluding carboxylic acids is 1. The second-order valence-electron chi connectivity index (χ2n) is 5.09. The van der Waals surface area contributed by atoms with E-state index in [1.807, 2.05) is 0 Å². The minimum absolute atomic E-state index is 0.179. The first kappa shape index (κ1) is 14.4. The fourth-order valence-electron chi connectivity index (χ4n) is 2.40. The number of rotatable bonds is 3. The molecule has 1 saturated carbocycles. The van der Waals surface area contributed by atoms with E-state index in [0.29, 0.717) is 12.8 Å². The highest BCUT2D eigenvalue weighted by atomic mass is 19.1. The Morgan fingerprint density at radius 2 is 2.00 bits per heavy atom. The summed E-state index contributed by atoms with van der Waals surface area (Å²) in [5, 5.41) is 13.2. The van der Waals surface area contributed by atoms with Gasteiger partial charge < -0.3 is 11.1 Å². The van der Waals surface area contributed by atoms with Gasteiger partial charge in [-0.25, -0.2) is 0 Å². The number of halogens is 1. The normalized spacial score (nSPS) is 17.5. The molecule has 0 atom stereocenters. The largest absolute Gasteiger partial charge is 0.324 e. The summed E-state index contributed by atoms with van der Waals surface area (Å²) in [4.78, 5) is 22.0. The van der Waals surface area contributed by atoms with Gasteiger partial charge in [0.15, 0.2) is 0 Å². The topological polar surface area (TPSA) is 98.3 Å². The van der Waals surface area contributed by atoms with Crippen LogP contribution < -0.4 is 11.1 Å². The number of nitrogens with zero attached hydrogens (tertiary/aromatic N) is 1. The van der Waals surface area contributed by atoms with Crippen molar-refractivity contribution in [2.75, 3.05) is 5.32 Å². The van der Waals surface area contributed by atoms with Crippen LogP contribution in [-0.4, -0.2) is 16.4 Å². The van der Waals surface area contributed by atoms with Crippen LogP contribution in [0, 0.1) is 15.9 Å². The van der Waals surface area contributed by atoms with Crippen LogP contribution in [0.15, 0.2) is 18.2 Å². The number of nitro groups is 1. The fraction of sp³-hybridized carbons (Fsp3) is 0.462. The van der Waals surface area contributed by atoms with Gasteiger partial charge in [0.1, 0.15) is 0 Å². The van der Waals surface area contributed by atoms with Crippen molar-refractivity contribution < 1.29 is 14.1 Å². The molecular formula is C13H16FN3O3. The Bertz CT molecular complexity index is 542. The number of benzene rings is 1. The summed E-state index contributed by atoms with van der Waals surface area (Å²) in [5.41, 5.74) is 4.63. The molecule has 6 nitrogen and oxygen atoms in total. The van der Waals surface area contributed by atoms with Crippen molar-refractivity contribution in [2.45, 2.75) is 37.6 Å². The lowest BCUT2D eigenvalue weighted by Crippen LogP contribution is -2.52. The molecular weight excluding hydrogens is 265 g/mol. The predicted octanol–water partition coefficient (Wildman–Crippen LogP) is 2.33. The Hall–Kier alpha value is -2.02. The van der Waals surface area contributed by atoms with Crippen LogP contribution in [-0.2, 0) is 4.79 Å². The smallest absolute Gasteiger partial charge is 0.306 e. The van der Waals surface area contributed by atoms with E-state index >= 15 is 0 Å². The third-order valence-corrected chi connectivity index (χ3v) is 3.60. The molecule has 0 heterocycles. The Kier molecular flexibility index (Phi) is 3.99. The van der Waals surface area contributed by atoms with Crippen LogP contribution >= 0.6 is 0 Å². The number of nitrogens with one attached hydrogen (secondary N) is 1. The quantitative estimate of drug-likeness (QED) is 0.656. The average molecular weight is 281 g/mol. The van der Waals surface area contributed by atoms with Gasteiger partial charge in [0, 0.05) is 11.8 Å². The van der Waals surface area contributed by atoms with E-state index < -0.39 is 22.0 Å². The number of nitrogens with two attached hydrogens (primary N) is 1. The summed E-state index contributed by atoms with van der Waals surface area (Å²) < 4.78 is 13.2. The maximum Gasteiger partial charge on any atom is 0.306 e. The molecule has 7 heteroatoms.